The number of anilines is 1. The van der Waals surface area contributed by atoms with Gasteiger partial charge in [0.05, 0.1) is 0 Å². The molecular weight excluding hydrogens is 238 g/mol. The first kappa shape index (κ1) is 12.3. The minimum absolute atomic E-state index is 0.216. The maximum absolute atomic E-state index is 12.3. The molecule has 2 heterocycles. The zero-order valence-electron chi connectivity index (χ0n) is 10.00. The van der Waals surface area contributed by atoms with Crippen molar-refractivity contribution in [2.75, 3.05) is 18.8 Å². The minimum atomic E-state index is -3.41. The predicted octanol–water partition coefficient (Wildman–Crippen LogP) is 0.940. The van der Waals surface area contributed by atoms with Crippen LogP contribution < -0.4 is 5.73 Å². The van der Waals surface area contributed by atoms with Crippen LogP contribution in [0.3, 0.4) is 0 Å². The van der Waals surface area contributed by atoms with Gasteiger partial charge in [0, 0.05) is 19.3 Å². The van der Waals surface area contributed by atoms with Crippen LogP contribution in [0, 0.1) is 11.8 Å². The van der Waals surface area contributed by atoms with E-state index in [1.54, 1.807) is 0 Å². The first-order chi connectivity index (χ1) is 7.91. The molecule has 2 rings (SSSR count). The molecule has 1 fully saturated rings. The van der Waals surface area contributed by atoms with Crippen molar-refractivity contribution in [3.05, 3.63) is 18.3 Å². The lowest BCUT2D eigenvalue weighted by molar-refractivity contribution is 0.463. The standard InChI is InChI=1S/C11H17N3O2S/c1-8-6-14(7-9(8)2)17(15,16)10-3-4-11(12)13-5-10/h3-5,8-9H,6-7H2,1-2H3,(H2,12,13). The van der Waals surface area contributed by atoms with Gasteiger partial charge in [-0.3, -0.25) is 0 Å². The van der Waals surface area contributed by atoms with Crippen LogP contribution in [-0.4, -0.2) is 30.8 Å². The monoisotopic (exact) mass is 255 g/mol. The summed E-state index contributed by atoms with van der Waals surface area (Å²) in [5.41, 5.74) is 5.45. The normalized spacial score (nSPS) is 26.2. The molecule has 1 aliphatic heterocycles. The number of hydrogen-bond donors (Lipinski definition) is 1. The molecule has 0 aliphatic carbocycles. The lowest BCUT2D eigenvalue weighted by atomic mass is 10.0. The fourth-order valence-electron chi connectivity index (χ4n) is 1.97. The van der Waals surface area contributed by atoms with Crippen molar-refractivity contribution in [2.24, 2.45) is 11.8 Å². The SMILES string of the molecule is CC1CN(S(=O)(=O)c2ccc(N)nc2)CC1C. The fraction of sp³-hybridized carbons (Fsp3) is 0.545. The average molecular weight is 255 g/mol. The first-order valence-corrected chi connectivity index (χ1v) is 7.07. The maximum atomic E-state index is 12.3. The van der Waals surface area contributed by atoms with Gasteiger partial charge in [0.25, 0.3) is 0 Å². The van der Waals surface area contributed by atoms with E-state index in [9.17, 15) is 8.42 Å². The third kappa shape index (κ3) is 2.28. The Kier molecular flexibility index (Phi) is 3.09. The van der Waals surface area contributed by atoms with Gasteiger partial charge in [-0.15, -0.1) is 0 Å². The summed E-state index contributed by atoms with van der Waals surface area (Å²) in [6.07, 6.45) is 1.32. The molecule has 17 heavy (non-hydrogen) atoms. The Morgan fingerprint density at radius 3 is 2.35 bits per heavy atom. The largest absolute Gasteiger partial charge is 0.384 e. The molecule has 0 saturated carbocycles. The Morgan fingerprint density at radius 1 is 1.29 bits per heavy atom. The number of rotatable bonds is 2. The van der Waals surface area contributed by atoms with E-state index in [1.807, 2.05) is 0 Å². The molecule has 2 unspecified atom stereocenters. The summed E-state index contributed by atoms with van der Waals surface area (Å²) in [5.74, 6) is 1.12. The molecule has 6 heteroatoms. The van der Waals surface area contributed by atoms with Crippen LogP contribution in [0.1, 0.15) is 13.8 Å². The van der Waals surface area contributed by atoms with E-state index in [0.29, 0.717) is 30.7 Å². The number of sulfonamides is 1. The summed E-state index contributed by atoms with van der Waals surface area (Å²) in [6, 6.07) is 3.02. The molecule has 5 nitrogen and oxygen atoms in total. The zero-order chi connectivity index (χ0) is 12.6. The molecule has 0 bridgehead atoms. The van der Waals surface area contributed by atoms with Gasteiger partial charge in [0.1, 0.15) is 10.7 Å². The molecule has 2 N–H and O–H groups in total. The molecule has 94 valence electrons. The van der Waals surface area contributed by atoms with E-state index >= 15 is 0 Å². The highest BCUT2D eigenvalue weighted by atomic mass is 32.2. The second-order valence-electron chi connectivity index (χ2n) is 4.70. The topological polar surface area (TPSA) is 76.3 Å². The summed E-state index contributed by atoms with van der Waals surface area (Å²) in [7, 11) is -3.41. The number of aromatic nitrogens is 1. The molecule has 0 radical (unpaired) electrons. The van der Waals surface area contributed by atoms with Crippen LogP contribution in [-0.2, 0) is 10.0 Å². The quantitative estimate of drug-likeness (QED) is 0.853. The van der Waals surface area contributed by atoms with Crippen molar-refractivity contribution in [1.82, 2.24) is 9.29 Å². The van der Waals surface area contributed by atoms with E-state index in [4.69, 9.17) is 5.73 Å². The molecular formula is C11H17N3O2S. The van der Waals surface area contributed by atoms with Crippen molar-refractivity contribution in [3.8, 4) is 0 Å². The molecule has 0 spiro atoms. The molecule has 1 saturated heterocycles. The van der Waals surface area contributed by atoms with Gasteiger partial charge < -0.3 is 5.73 Å². The van der Waals surface area contributed by atoms with Crippen molar-refractivity contribution in [1.29, 1.82) is 0 Å². The molecule has 2 atom stereocenters. The van der Waals surface area contributed by atoms with E-state index in [0.717, 1.165) is 0 Å². The molecule has 1 aromatic rings. The van der Waals surface area contributed by atoms with Crippen molar-refractivity contribution in [3.63, 3.8) is 0 Å². The Hall–Kier alpha value is -1.14. The number of hydrogen-bond acceptors (Lipinski definition) is 4. The second-order valence-corrected chi connectivity index (χ2v) is 6.63. The number of nitrogen functional groups attached to an aromatic ring is 1. The van der Waals surface area contributed by atoms with Crippen molar-refractivity contribution in [2.45, 2.75) is 18.7 Å². The molecule has 1 aromatic heterocycles. The maximum Gasteiger partial charge on any atom is 0.244 e. The minimum Gasteiger partial charge on any atom is -0.384 e. The van der Waals surface area contributed by atoms with Crippen LogP contribution >= 0.6 is 0 Å². The van der Waals surface area contributed by atoms with Crippen LogP contribution in [0.4, 0.5) is 5.82 Å². The Labute approximate surface area is 102 Å². The van der Waals surface area contributed by atoms with Gasteiger partial charge in [-0.1, -0.05) is 13.8 Å². The van der Waals surface area contributed by atoms with Crippen LogP contribution in [0.25, 0.3) is 0 Å². The highest BCUT2D eigenvalue weighted by Gasteiger charge is 2.34. The summed E-state index contributed by atoms with van der Waals surface area (Å²) >= 11 is 0. The van der Waals surface area contributed by atoms with Gasteiger partial charge in [-0.2, -0.15) is 4.31 Å². The number of nitrogens with zero attached hydrogens (tertiary/aromatic N) is 2. The van der Waals surface area contributed by atoms with Gasteiger partial charge in [-0.25, -0.2) is 13.4 Å². The van der Waals surface area contributed by atoms with Crippen LogP contribution in [0.5, 0.6) is 0 Å². The van der Waals surface area contributed by atoms with E-state index in [1.165, 1.54) is 22.6 Å². The lowest BCUT2D eigenvalue weighted by Gasteiger charge is -2.15. The second kappa shape index (κ2) is 4.27. The van der Waals surface area contributed by atoms with Crippen LogP contribution in [0.15, 0.2) is 23.2 Å². The van der Waals surface area contributed by atoms with E-state index < -0.39 is 10.0 Å². The fourth-order valence-corrected chi connectivity index (χ4v) is 3.55. The summed E-state index contributed by atoms with van der Waals surface area (Å²) in [4.78, 5) is 4.04. The van der Waals surface area contributed by atoms with Crippen LogP contribution in [0.2, 0.25) is 0 Å². The highest BCUT2D eigenvalue weighted by molar-refractivity contribution is 7.89. The molecule has 1 aliphatic rings. The summed E-state index contributed by atoms with van der Waals surface area (Å²) in [5, 5.41) is 0. The summed E-state index contributed by atoms with van der Waals surface area (Å²) < 4.78 is 26.1. The smallest absolute Gasteiger partial charge is 0.244 e. The van der Waals surface area contributed by atoms with E-state index in [2.05, 4.69) is 18.8 Å². The average Bonchev–Trinajstić information content (AvgIpc) is 2.60. The number of pyridine rings is 1. The van der Waals surface area contributed by atoms with Gasteiger partial charge in [-0.05, 0) is 24.0 Å². The zero-order valence-corrected chi connectivity index (χ0v) is 10.8. The Morgan fingerprint density at radius 2 is 1.88 bits per heavy atom. The number of nitrogens with two attached hydrogens (primary N) is 1. The van der Waals surface area contributed by atoms with Gasteiger partial charge in [0.15, 0.2) is 0 Å². The highest BCUT2D eigenvalue weighted by Crippen LogP contribution is 2.27. The van der Waals surface area contributed by atoms with Crippen molar-refractivity contribution >= 4 is 15.8 Å². The lowest BCUT2D eigenvalue weighted by Crippen LogP contribution is -2.29. The first-order valence-electron chi connectivity index (χ1n) is 5.63. The van der Waals surface area contributed by atoms with E-state index in [-0.39, 0.29) is 4.90 Å². The Bertz CT molecular complexity index is 488. The molecule has 0 aromatic carbocycles. The van der Waals surface area contributed by atoms with Gasteiger partial charge in [0.2, 0.25) is 10.0 Å². The van der Waals surface area contributed by atoms with Crippen molar-refractivity contribution < 1.29 is 8.42 Å². The summed E-state index contributed by atoms with van der Waals surface area (Å²) in [6.45, 7) is 5.30. The predicted molar refractivity (Wildman–Crippen MR) is 65.7 cm³/mol. The molecule has 0 amide bonds. The third-order valence-electron chi connectivity index (χ3n) is 3.35. The third-order valence-corrected chi connectivity index (χ3v) is 5.17. The van der Waals surface area contributed by atoms with Gasteiger partial charge >= 0.3 is 0 Å². The Balaban J connectivity index is 2.28.